The quantitative estimate of drug-likeness (QED) is 0.451. The van der Waals surface area contributed by atoms with Crippen LogP contribution in [0.5, 0.6) is 0 Å². The van der Waals surface area contributed by atoms with E-state index in [-0.39, 0.29) is 23.8 Å². The highest BCUT2D eigenvalue weighted by Crippen LogP contribution is 2.10. The van der Waals surface area contributed by atoms with E-state index in [1.807, 2.05) is 6.92 Å². The fourth-order valence-corrected chi connectivity index (χ4v) is 2.46. The molecule has 0 saturated carbocycles. The molecule has 0 fully saturated rings. The third kappa shape index (κ3) is 5.24. The SMILES string of the molecule is C=C(C)COCCNS(=O)(=O)c1ccc(C(C)=O)cc1. The van der Waals surface area contributed by atoms with E-state index in [0.29, 0.717) is 12.2 Å². The molecule has 0 heterocycles. The molecule has 0 aliphatic carbocycles. The molecule has 0 amide bonds. The smallest absolute Gasteiger partial charge is 0.240 e. The number of benzene rings is 1. The maximum atomic E-state index is 11.9. The van der Waals surface area contributed by atoms with Crippen LogP contribution < -0.4 is 4.72 Å². The van der Waals surface area contributed by atoms with Crippen LogP contribution in [0.3, 0.4) is 0 Å². The van der Waals surface area contributed by atoms with Crippen molar-refractivity contribution < 1.29 is 17.9 Å². The molecule has 1 N–H and O–H groups in total. The lowest BCUT2D eigenvalue weighted by Gasteiger charge is -2.08. The predicted molar refractivity (Wildman–Crippen MR) is 77.3 cm³/mol. The standard InChI is InChI=1S/C14H19NO4S/c1-11(2)10-19-9-8-15-20(17,18)14-6-4-13(5-7-14)12(3)16/h4-7,15H,1,8-10H2,2-3H3. The number of carbonyl (C=O) groups is 1. The molecule has 0 aromatic heterocycles. The van der Waals surface area contributed by atoms with Crippen LogP contribution in [-0.4, -0.2) is 34.0 Å². The number of Topliss-reactive ketones (excluding diaryl/α,β-unsaturated/α-hetero) is 1. The average Bonchev–Trinajstić information content (AvgIpc) is 2.38. The number of ether oxygens (including phenoxy) is 1. The summed E-state index contributed by atoms with van der Waals surface area (Å²) in [7, 11) is -3.57. The van der Waals surface area contributed by atoms with Gasteiger partial charge in [0.2, 0.25) is 10.0 Å². The summed E-state index contributed by atoms with van der Waals surface area (Å²) in [6.45, 7) is 7.82. The summed E-state index contributed by atoms with van der Waals surface area (Å²) >= 11 is 0. The molecule has 1 rings (SSSR count). The number of sulfonamides is 1. The van der Waals surface area contributed by atoms with Crippen molar-refractivity contribution in [1.82, 2.24) is 4.72 Å². The number of hydrogen-bond acceptors (Lipinski definition) is 4. The highest BCUT2D eigenvalue weighted by atomic mass is 32.2. The molecule has 0 unspecified atom stereocenters. The van der Waals surface area contributed by atoms with Gasteiger partial charge in [0, 0.05) is 12.1 Å². The zero-order valence-corrected chi connectivity index (χ0v) is 12.5. The van der Waals surface area contributed by atoms with Gasteiger partial charge in [-0.1, -0.05) is 24.3 Å². The van der Waals surface area contributed by atoms with E-state index in [1.54, 1.807) is 0 Å². The third-order valence-electron chi connectivity index (χ3n) is 2.46. The van der Waals surface area contributed by atoms with Crippen LogP contribution >= 0.6 is 0 Å². The minimum Gasteiger partial charge on any atom is -0.376 e. The van der Waals surface area contributed by atoms with Crippen LogP contribution in [0.2, 0.25) is 0 Å². The monoisotopic (exact) mass is 297 g/mol. The van der Waals surface area contributed by atoms with Crippen LogP contribution in [0.15, 0.2) is 41.3 Å². The lowest BCUT2D eigenvalue weighted by atomic mass is 10.2. The van der Waals surface area contributed by atoms with Gasteiger partial charge in [0.1, 0.15) is 0 Å². The normalized spacial score (nSPS) is 11.3. The number of rotatable bonds is 8. The maximum absolute atomic E-state index is 11.9. The lowest BCUT2D eigenvalue weighted by Crippen LogP contribution is -2.27. The van der Waals surface area contributed by atoms with E-state index in [0.717, 1.165) is 5.57 Å². The van der Waals surface area contributed by atoms with Gasteiger partial charge >= 0.3 is 0 Å². The molecule has 5 nitrogen and oxygen atoms in total. The van der Waals surface area contributed by atoms with Gasteiger partial charge in [-0.3, -0.25) is 4.79 Å². The Labute approximate surface area is 119 Å². The second kappa shape index (κ2) is 7.33. The first kappa shape index (κ1) is 16.6. The summed E-state index contributed by atoms with van der Waals surface area (Å²) in [6.07, 6.45) is 0. The maximum Gasteiger partial charge on any atom is 0.240 e. The molecular formula is C14H19NO4S. The summed E-state index contributed by atoms with van der Waals surface area (Å²) in [5.74, 6) is -0.102. The molecular weight excluding hydrogens is 278 g/mol. The van der Waals surface area contributed by atoms with Crippen molar-refractivity contribution in [2.24, 2.45) is 0 Å². The topological polar surface area (TPSA) is 72.5 Å². The first-order valence-electron chi connectivity index (χ1n) is 6.16. The summed E-state index contributed by atoms with van der Waals surface area (Å²) < 4.78 is 31.5. The highest BCUT2D eigenvalue weighted by molar-refractivity contribution is 7.89. The van der Waals surface area contributed by atoms with Crippen molar-refractivity contribution in [2.75, 3.05) is 19.8 Å². The zero-order valence-electron chi connectivity index (χ0n) is 11.7. The first-order valence-corrected chi connectivity index (χ1v) is 7.64. The van der Waals surface area contributed by atoms with Crippen molar-refractivity contribution in [2.45, 2.75) is 18.7 Å². The van der Waals surface area contributed by atoms with E-state index >= 15 is 0 Å². The van der Waals surface area contributed by atoms with E-state index in [2.05, 4.69) is 11.3 Å². The van der Waals surface area contributed by atoms with Gasteiger partial charge in [-0.25, -0.2) is 13.1 Å². The second-order valence-corrected chi connectivity index (χ2v) is 6.25. The Bertz CT molecular complexity index is 576. The van der Waals surface area contributed by atoms with Gasteiger partial charge in [0.25, 0.3) is 0 Å². The summed E-state index contributed by atoms with van der Waals surface area (Å²) in [5.41, 5.74) is 1.36. The Morgan fingerprint density at radius 1 is 1.25 bits per heavy atom. The molecule has 0 spiro atoms. The molecule has 0 aliphatic rings. The van der Waals surface area contributed by atoms with E-state index < -0.39 is 10.0 Å². The van der Waals surface area contributed by atoms with Crippen molar-refractivity contribution in [3.8, 4) is 0 Å². The highest BCUT2D eigenvalue weighted by Gasteiger charge is 2.13. The van der Waals surface area contributed by atoms with Gasteiger partial charge in [0.05, 0.1) is 18.1 Å². The summed E-state index contributed by atoms with van der Waals surface area (Å²) in [4.78, 5) is 11.2. The van der Waals surface area contributed by atoms with Gasteiger partial charge in [0.15, 0.2) is 5.78 Å². The Kier molecular flexibility index (Phi) is 6.06. The average molecular weight is 297 g/mol. The van der Waals surface area contributed by atoms with Gasteiger partial charge < -0.3 is 4.74 Å². The van der Waals surface area contributed by atoms with Crippen LogP contribution in [0.25, 0.3) is 0 Å². The van der Waals surface area contributed by atoms with E-state index in [4.69, 9.17) is 4.74 Å². The Hall–Kier alpha value is -1.50. The van der Waals surface area contributed by atoms with E-state index in [1.165, 1.54) is 31.2 Å². The third-order valence-corrected chi connectivity index (χ3v) is 3.94. The Morgan fingerprint density at radius 3 is 2.35 bits per heavy atom. The molecule has 0 saturated heterocycles. The fraction of sp³-hybridized carbons (Fsp3) is 0.357. The van der Waals surface area contributed by atoms with Crippen LogP contribution in [0, 0.1) is 0 Å². The van der Waals surface area contributed by atoms with Crippen molar-refractivity contribution in [1.29, 1.82) is 0 Å². The Balaban J connectivity index is 2.56. The van der Waals surface area contributed by atoms with Crippen LogP contribution in [0.4, 0.5) is 0 Å². The van der Waals surface area contributed by atoms with Crippen molar-refractivity contribution >= 4 is 15.8 Å². The predicted octanol–water partition coefficient (Wildman–Crippen LogP) is 1.76. The molecule has 1 aromatic rings. The second-order valence-electron chi connectivity index (χ2n) is 4.49. The largest absolute Gasteiger partial charge is 0.376 e. The molecule has 0 atom stereocenters. The zero-order chi connectivity index (χ0) is 15.2. The Morgan fingerprint density at radius 2 is 1.85 bits per heavy atom. The summed E-state index contributed by atoms with van der Waals surface area (Å²) in [5, 5.41) is 0. The molecule has 6 heteroatoms. The van der Waals surface area contributed by atoms with Gasteiger partial charge in [-0.05, 0) is 26.0 Å². The van der Waals surface area contributed by atoms with Crippen LogP contribution in [0.1, 0.15) is 24.2 Å². The molecule has 20 heavy (non-hydrogen) atoms. The fourth-order valence-electron chi connectivity index (χ4n) is 1.45. The minimum atomic E-state index is -3.57. The first-order chi connectivity index (χ1) is 9.33. The number of nitrogens with one attached hydrogen (secondary N) is 1. The summed E-state index contributed by atoms with van der Waals surface area (Å²) in [6, 6.07) is 5.81. The molecule has 110 valence electrons. The molecule has 0 aliphatic heterocycles. The molecule has 0 bridgehead atoms. The van der Waals surface area contributed by atoms with Crippen molar-refractivity contribution in [3.63, 3.8) is 0 Å². The van der Waals surface area contributed by atoms with Crippen LogP contribution in [-0.2, 0) is 14.8 Å². The lowest BCUT2D eigenvalue weighted by molar-refractivity contribution is 0.101. The molecule has 0 radical (unpaired) electrons. The minimum absolute atomic E-state index is 0.102. The molecule has 1 aromatic carbocycles. The van der Waals surface area contributed by atoms with Gasteiger partial charge in [-0.15, -0.1) is 0 Å². The number of carbonyl (C=O) groups excluding carboxylic acids is 1. The number of hydrogen-bond donors (Lipinski definition) is 1. The van der Waals surface area contributed by atoms with Gasteiger partial charge in [-0.2, -0.15) is 0 Å². The van der Waals surface area contributed by atoms with E-state index in [9.17, 15) is 13.2 Å². The van der Waals surface area contributed by atoms with Crippen molar-refractivity contribution in [3.05, 3.63) is 42.0 Å². The number of ketones is 1.